The fraction of sp³-hybridized carbons (Fsp3) is 0.364. The van der Waals surface area contributed by atoms with Crippen molar-refractivity contribution in [3.8, 4) is 0 Å². The summed E-state index contributed by atoms with van der Waals surface area (Å²) in [5.41, 5.74) is 7.46. The van der Waals surface area contributed by atoms with Crippen LogP contribution in [0.25, 0.3) is 0 Å². The SMILES string of the molecule is NCCc1cn(CCc2ccccn2)nn1. The van der Waals surface area contributed by atoms with Gasteiger partial charge in [0.2, 0.25) is 0 Å². The van der Waals surface area contributed by atoms with Gasteiger partial charge in [0.25, 0.3) is 0 Å². The Morgan fingerprint density at radius 2 is 2.12 bits per heavy atom. The lowest BCUT2D eigenvalue weighted by Crippen LogP contribution is -2.03. The van der Waals surface area contributed by atoms with Crippen molar-refractivity contribution in [2.45, 2.75) is 19.4 Å². The minimum atomic E-state index is 0.610. The number of nitrogens with zero attached hydrogens (tertiary/aromatic N) is 4. The second-order valence-electron chi connectivity index (χ2n) is 3.58. The molecule has 0 aliphatic rings. The van der Waals surface area contributed by atoms with Crippen LogP contribution in [0.15, 0.2) is 30.6 Å². The van der Waals surface area contributed by atoms with Gasteiger partial charge in [0.1, 0.15) is 0 Å². The maximum absolute atomic E-state index is 5.45. The fourth-order valence-electron chi connectivity index (χ4n) is 1.49. The van der Waals surface area contributed by atoms with Gasteiger partial charge in [0.15, 0.2) is 0 Å². The molecule has 84 valence electrons. The standard InChI is InChI=1S/C11H15N5/c12-6-4-11-9-16(15-14-11)8-5-10-3-1-2-7-13-10/h1-3,7,9H,4-6,8,12H2. The summed E-state index contributed by atoms with van der Waals surface area (Å²) < 4.78 is 1.83. The molecule has 2 aromatic heterocycles. The second kappa shape index (κ2) is 5.37. The van der Waals surface area contributed by atoms with E-state index in [9.17, 15) is 0 Å². The minimum absolute atomic E-state index is 0.610. The Balaban J connectivity index is 1.89. The molecule has 0 aromatic carbocycles. The summed E-state index contributed by atoms with van der Waals surface area (Å²) >= 11 is 0. The molecule has 0 spiro atoms. The van der Waals surface area contributed by atoms with E-state index in [0.717, 1.165) is 30.8 Å². The van der Waals surface area contributed by atoms with Crippen molar-refractivity contribution in [3.63, 3.8) is 0 Å². The second-order valence-corrected chi connectivity index (χ2v) is 3.58. The topological polar surface area (TPSA) is 69.6 Å². The first-order valence-corrected chi connectivity index (χ1v) is 5.37. The van der Waals surface area contributed by atoms with Crippen LogP contribution in [0.1, 0.15) is 11.4 Å². The minimum Gasteiger partial charge on any atom is -0.330 e. The number of hydrogen-bond donors (Lipinski definition) is 1. The molecular weight excluding hydrogens is 202 g/mol. The summed E-state index contributed by atoms with van der Waals surface area (Å²) in [6, 6.07) is 5.92. The van der Waals surface area contributed by atoms with E-state index >= 15 is 0 Å². The van der Waals surface area contributed by atoms with Crippen LogP contribution in [-0.2, 0) is 19.4 Å². The monoisotopic (exact) mass is 217 g/mol. The van der Waals surface area contributed by atoms with Crippen molar-refractivity contribution in [1.29, 1.82) is 0 Å². The van der Waals surface area contributed by atoms with Gasteiger partial charge in [0.05, 0.1) is 5.69 Å². The van der Waals surface area contributed by atoms with E-state index in [0.29, 0.717) is 6.54 Å². The van der Waals surface area contributed by atoms with Crippen molar-refractivity contribution in [2.24, 2.45) is 5.73 Å². The van der Waals surface area contributed by atoms with Gasteiger partial charge >= 0.3 is 0 Å². The van der Waals surface area contributed by atoms with Gasteiger partial charge in [-0.15, -0.1) is 5.10 Å². The van der Waals surface area contributed by atoms with Gasteiger partial charge in [-0.1, -0.05) is 11.3 Å². The van der Waals surface area contributed by atoms with Crippen LogP contribution in [0.4, 0.5) is 0 Å². The zero-order valence-electron chi connectivity index (χ0n) is 9.08. The summed E-state index contributed by atoms with van der Waals surface area (Å²) in [4.78, 5) is 4.26. The van der Waals surface area contributed by atoms with Crippen LogP contribution >= 0.6 is 0 Å². The molecule has 0 atom stereocenters. The lowest BCUT2D eigenvalue weighted by atomic mass is 10.3. The maximum Gasteiger partial charge on any atom is 0.0839 e. The van der Waals surface area contributed by atoms with Gasteiger partial charge in [-0.3, -0.25) is 9.67 Å². The van der Waals surface area contributed by atoms with E-state index in [1.54, 1.807) is 6.20 Å². The molecule has 2 heterocycles. The van der Waals surface area contributed by atoms with Crippen molar-refractivity contribution in [2.75, 3.05) is 6.54 Å². The highest BCUT2D eigenvalue weighted by molar-refractivity contribution is 5.03. The van der Waals surface area contributed by atoms with E-state index in [1.165, 1.54) is 0 Å². The molecule has 2 rings (SSSR count). The van der Waals surface area contributed by atoms with E-state index in [2.05, 4.69) is 15.3 Å². The molecule has 0 aliphatic carbocycles. The largest absolute Gasteiger partial charge is 0.330 e. The average Bonchev–Trinajstić information content (AvgIpc) is 2.76. The Kier molecular flexibility index (Phi) is 3.61. The number of hydrogen-bond acceptors (Lipinski definition) is 4. The molecule has 2 N–H and O–H groups in total. The first kappa shape index (κ1) is 10.8. The smallest absolute Gasteiger partial charge is 0.0839 e. The predicted octanol–water partition coefficient (Wildman–Crippen LogP) is 0.417. The molecule has 0 amide bonds. The third-order valence-electron chi connectivity index (χ3n) is 2.31. The molecule has 0 aliphatic heterocycles. The Labute approximate surface area is 94.3 Å². The Hall–Kier alpha value is -1.75. The summed E-state index contributed by atoms with van der Waals surface area (Å²) in [7, 11) is 0. The van der Waals surface area contributed by atoms with Crippen molar-refractivity contribution >= 4 is 0 Å². The maximum atomic E-state index is 5.45. The molecule has 0 fully saturated rings. The molecule has 2 aromatic rings. The summed E-state index contributed by atoms with van der Waals surface area (Å²) in [6.45, 7) is 1.41. The third kappa shape index (κ3) is 2.87. The molecule has 0 bridgehead atoms. The molecule has 16 heavy (non-hydrogen) atoms. The van der Waals surface area contributed by atoms with Gasteiger partial charge < -0.3 is 5.73 Å². The van der Waals surface area contributed by atoms with Crippen LogP contribution in [0.3, 0.4) is 0 Å². The Morgan fingerprint density at radius 3 is 2.88 bits per heavy atom. The van der Waals surface area contributed by atoms with Crippen LogP contribution in [0, 0.1) is 0 Å². The van der Waals surface area contributed by atoms with E-state index < -0.39 is 0 Å². The lowest BCUT2D eigenvalue weighted by Gasteiger charge is -1.99. The zero-order valence-corrected chi connectivity index (χ0v) is 9.08. The normalized spacial score (nSPS) is 10.6. The van der Waals surface area contributed by atoms with E-state index in [1.807, 2.05) is 29.1 Å². The average molecular weight is 217 g/mol. The first-order chi connectivity index (χ1) is 7.88. The predicted molar refractivity (Wildman–Crippen MR) is 60.7 cm³/mol. The van der Waals surface area contributed by atoms with Gasteiger partial charge in [0, 0.05) is 37.5 Å². The van der Waals surface area contributed by atoms with Crippen molar-refractivity contribution in [1.82, 2.24) is 20.0 Å². The van der Waals surface area contributed by atoms with E-state index in [4.69, 9.17) is 5.73 Å². The van der Waals surface area contributed by atoms with Crippen LogP contribution in [-0.4, -0.2) is 26.5 Å². The van der Waals surface area contributed by atoms with Gasteiger partial charge in [-0.05, 0) is 18.7 Å². The highest BCUT2D eigenvalue weighted by Crippen LogP contribution is 1.98. The number of nitrogens with two attached hydrogens (primary N) is 1. The Morgan fingerprint density at radius 1 is 1.19 bits per heavy atom. The Bertz CT molecular complexity index is 423. The van der Waals surface area contributed by atoms with Gasteiger partial charge in [-0.25, -0.2) is 0 Å². The van der Waals surface area contributed by atoms with Crippen LogP contribution < -0.4 is 5.73 Å². The first-order valence-electron chi connectivity index (χ1n) is 5.37. The molecule has 5 heteroatoms. The highest BCUT2D eigenvalue weighted by Gasteiger charge is 2.00. The number of rotatable bonds is 5. The third-order valence-corrected chi connectivity index (χ3v) is 2.31. The quantitative estimate of drug-likeness (QED) is 0.788. The number of pyridine rings is 1. The molecule has 0 saturated carbocycles. The molecule has 0 radical (unpaired) electrons. The summed E-state index contributed by atoms with van der Waals surface area (Å²) in [6.07, 6.45) is 5.39. The molecular formula is C11H15N5. The van der Waals surface area contributed by atoms with Crippen molar-refractivity contribution in [3.05, 3.63) is 42.0 Å². The molecule has 0 unspecified atom stereocenters. The number of aryl methyl sites for hydroxylation is 2. The molecule has 0 saturated heterocycles. The van der Waals surface area contributed by atoms with Crippen molar-refractivity contribution < 1.29 is 0 Å². The lowest BCUT2D eigenvalue weighted by molar-refractivity contribution is 0.584. The molecule has 5 nitrogen and oxygen atoms in total. The summed E-state index contributed by atoms with van der Waals surface area (Å²) in [5.74, 6) is 0. The highest BCUT2D eigenvalue weighted by atomic mass is 15.4. The van der Waals surface area contributed by atoms with Gasteiger partial charge in [-0.2, -0.15) is 0 Å². The summed E-state index contributed by atoms with van der Waals surface area (Å²) in [5, 5.41) is 8.06. The fourth-order valence-corrected chi connectivity index (χ4v) is 1.49. The van der Waals surface area contributed by atoms with Crippen LogP contribution in [0.5, 0.6) is 0 Å². The number of aromatic nitrogens is 4. The van der Waals surface area contributed by atoms with E-state index in [-0.39, 0.29) is 0 Å². The zero-order chi connectivity index (χ0) is 11.2. The van der Waals surface area contributed by atoms with Crippen LogP contribution in [0.2, 0.25) is 0 Å².